The molecule has 1 atom stereocenters. The molecule has 9 heteroatoms. The van der Waals surface area contributed by atoms with Crippen molar-refractivity contribution in [3.05, 3.63) is 52.8 Å². The van der Waals surface area contributed by atoms with Crippen LogP contribution in [-0.2, 0) is 16.1 Å². The molecule has 0 saturated carbocycles. The maximum Gasteiger partial charge on any atom is 0.326 e. The Morgan fingerprint density at radius 1 is 1.33 bits per heavy atom. The Hall–Kier alpha value is -2.87. The van der Waals surface area contributed by atoms with E-state index < -0.39 is 17.9 Å². The Kier molecular flexibility index (Phi) is 6.95. The Labute approximate surface area is 161 Å². The lowest BCUT2D eigenvalue weighted by molar-refractivity contribution is -0.141. The van der Waals surface area contributed by atoms with E-state index in [1.54, 1.807) is 16.9 Å². The number of hydrogen-bond acceptors (Lipinski definition) is 4. The van der Waals surface area contributed by atoms with Crippen LogP contribution in [0.4, 0.5) is 0 Å². The molecule has 0 radical (unpaired) electrons. The number of nitrogens with zero attached hydrogens (tertiary/aromatic N) is 3. The van der Waals surface area contributed by atoms with Crippen LogP contribution in [0.1, 0.15) is 29.8 Å². The van der Waals surface area contributed by atoms with E-state index in [4.69, 9.17) is 11.6 Å². The van der Waals surface area contributed by atoms with Gasteiger partial charge in [-0.05, 0) is 18.6 Å². The van der Waals surface area contributed by atoms with E-state index in [9.17, 15) is 19.5 Å². The molecular formula is C18H21ClN4O4. The smallest absolute Gasteiger partial charge is 0.326 e. The molecule has 0 fully saturated rings. The lowest BCUT2D eigenvalue weighted by atomic mass is 10.2. The fraction of sp³-hybridized carbons (Fsp3) is 0.333. The predicted octanol–water partition coefficient (Wildman–Crippen LogP) is 1.64. The summed E-state index contributed by atoms with van der Waals surface area (Å²) in [5.41, 5.74) is 1.11. The number of carboxylic acid groups (broad SMARTS) is 1. The van der Waals surface area contributed by atoms with Gasteiger partial charge in [0.25, 0.3) is 5.91 Å². The van der Waals surface area contributed by atoms with Crippen LogP contribution in [0, 0.1) is 0 Å². The van der Waals surface area contributed by atoms with Crippen LogP contribution < -0.4 is 5.32 Å². The molecule has 2 amide bonds. The Balaban J connectivity index is 2.14. The highest BCUT2D eigenvalue weighted by atomic mass is 35.5. The zero-order valence-electron chi connectivity index (χ0n) is 15.1. The van der Waals surface area contributed by atoms with Crippen molar-refractivity contribution >= 4 is 29.4 Å². The first-order valence-corrected chi connectivity index (χ1v) is 8.71. The second-order valence-electron chi connectivity index (χ2n) is 6.01. The van der Waals surface area contributed by atoms with E-state index in [2.05, 4.69) is 10.4 Å². The fourth-order valence-corrected chi connectivity index (χ4v) is 2.68. The SMILES string of the molecule is CC(=O)NCCN(C(=O)c1cnn(Cc2ccccc2Cl)c1)C(C)C(=O)O. The first-order valence-electron chi connectivity index (χ1n) is 8.33. The van der Waals surface area contributed by atoms with Gasteiger partial charge in [-0.1, -0.05) is 29.8 Å². The first-order chi connectivity index (χ1) is 12.8. The number of carboxylic acids is 1. The van der Waals surface area contributed by atoms with Crippen LogP contribution in [0.5, 0.6) is 0 Å². The van der Waals surface area contributed by atoms with E-state index in [1.807, 2.05) is 18.2 Å². The van der Waals surface area contributed by atoms with Crippen molar-refractivity contribution in [1.29, 1.82) is 0 Å². The predicted molar refractivity (Wildman–Crippen MR) is 99.6 cm³/mol. The second-order valence-corrected chi connectivity index (χ2v) is 6.42. The van der Waals surface area contributed by atoms with Crippen LogP contribution in [-0.4, -0.2) is 56.7 Å². The van der Waals surface area contributed by atoms with Gasteiger partial charge in [0.15, 0.2) is 0 Å². The van der Waals surface area contributed by atoms with Crippen LogP contribution in [0.3, 0.4) is 0 Å². The maximum absolute atomic E-state index is 12.8. The van der Waals surface area contributed by atoms with Gasteiger partial charge in [-0.25, -0.2) is 4.79 Å². The van der Waals surface area contributed by atoms with Crippen LogP contribution in [0.15, 0.2) is 36.7 Å². The molecule has 2 N–H and O–H groups in total. The van der Waals surface area contributed by atoms with Crippen LogP contribution in [0.2, 0.25) is 5.02 Å². The molecule has 2 rings (SSSR count). The molecule has 0 saturated heterocycles. The first kappa shape index (κ1) is 20.4. The van der Waals surface area contributed by atoms with E-state index >= 15 is 0 Å². The summed E-state index contributed by atoms with van der Waals surface area (Å²) in [7, 11) is 0. The molecule has 8 nitrogen and oxygen atoms in total. The number of carbonyl (C=O) groups is 3. The van der Waals surface area contributed by atoms with E-state index in [1.165, 1.54) is 24.9 Å². The van der Waals surface area contributed by atoms with E-state index in [-0.39, 0.29) is 24.6 Å². The standard InChI is InChI=1S/C18H21ClN4O4/c1-12(18(26)27)23(8-7-20-13(2)24)17(25)15-9-21-22(11-15)10-14-5-3-4-6-16(14)19/h3-6,9,11-12H,7-8,10H2,1-2H3,(H,20,24)(H,26,27). The van der Waals surface area contributed by atoms with Gasteiger partial charge in [-0.3, -0.25) is 14.3 Å². The lowest BCUT2D eigenvalue weighted by Crippen LogP contribution is -2.46. The third kappa shape index (κ3) is 5.55. The number of aliphatic carboxylic acids is 1. The van der Waals surface area contributed by atoms with Gasteiger partial charge in [-0.15, -0.1) is 0 Å². The molecule has 0 aliphatic carbocycles. The van der Waals surface area contributed by atoms with Crippen molar-refractivity contribution in [2.45, 2.75) is 26.4 Å². The van der Waals surface area contributed by atoms with Crippen molar-refractivity contribution in [3.63, 3.8) is 0 Å². The summed E-state index contributed by atoms with van der Waals surface area (Å²) in [6.07, 6.45) is 2.94. The fourth-order valence-electron chi connectivity index (χ4n) is 2.48. The molecule has 2 aromatic rings. The number of hydrogen-bond donors (Lipinski definition) is 2. The summed E-state index contributed by atoms with van der Waals surface area (Å²) < 4.78 is 1.56. The summed E-state index contributed by atoms with van der Waals surface area (Å²) in [4.78, 5) is 36.3. The number of nitrogens with one attached hydrogen (secondary N) is 1. The van der Waals surface area contributed by atoms with Crippen molar-refractivity contribution in [2.75, 3.05) is 13.1 Å². The summed E-state index contributed by atoms with van der Waals surface area (Å²) in [6, 6.07) is 6.26. The van der Waals surface area contributed by atoms with Crippen molar-refractivity contribution < 1.29 is 19.5 Å². The third-order valence-electron chi connectivity index (χ3n) is 3.98. The number of amides is 2. The lowest BCUT2D eigenvalue weighted by Gasteiger charge is -2.26. The van der Waals surface area contributed by atoms with E-state index in [0.717, 1.165) is 5.56 Å². The number of aromatic nitrogens is 2. The van der Waals surface area contributed by atoms with Gasteiger partial charge in [0, 0.05) is 31.2 Å². The highest BCUT2D eigenvalue weighted by Crippen LogP contribution is 2.16. The van der Waals surface area contributed by atoms with Gasteiger partial charge in [-0.2, -0.15) is 5.10 Å². The maximum atomic E-state index is 12.8. The topological polar surface area (TPSA) is 105 Å². The minimum absolute atomic E-state index is 0.0710. The Morgan fingerprint density at radius 2 is 2.04 bits per heavy atom. The number of carbonyl (C=O) groups excluding carboxylic acids is 2. The molecule has 144 valence electrons. The Morgan fingerprint density at radius 3 is 2.67 bits per heavy atom. The van der Waals surface area contributed by atoms with Gasteiger partial charge in [0.2, 0.25) is 5.91 Å². The summed E-state index contributed by atoms with van der Waals surface area (Å²) in [5.74, 6) is -1.85. The number of halogens is 1. The van der Waals surface area contributed by atoms with Gasteiger partial charge in [0.1, 0.15) is 6.04 Å². The molecular weight excluding hydrogens is 372 g/mol. The van der Waals surface area contributed by atoms with Gasteiger partial charge >= 0.3 is 5.97 Å². The van der Waals surface area contributed by atoms with Crippen molar-refractivity contribution in [3.8, 4) is 0 Å². The quantitative estimate of drug-likeness (QED) is 0.710. The van der Waals surface area contributed by atoms with E-state index in [0.29, 0.717) is 11.6 Å². The normalized spacial score (nSPS) is 11.7. The molecule has 1 heterocycles. The molecule has 0 bridgehead atoms. The van der Waals surface area contributed by atoms with Gasteiger partial charge in [0.05, 0.1) is 18.3 Å². The average molecular weight is 393 g/mol. The highest BCUT2D eigenvalue weighted by molar-refractivity contribution is 6.31. The zero-order chi connectivity index (χ0) is 20.0. The zero-order valence-corrected chi connectivity index (χ0v) is 15.8. The third-order valence-corrected chi connectivity index (χ3v) is 4.35. The van der Waals surface area contributed by atoms with Crippen molar-refractivity contribution in [2.24, 2.45) is 0 Å². The molecule has 1 unspecified atom stereocenters. The largest absolute Gasteiger partial charge is 0.480 e. The number of benzene rings is 1. The van der Waals surface area contributed by atoms with Crippen LogP contribution >= 0.6 is 11.6 Å². The Bertz CT molecular complexity index is 836. The minimum atomic E-state index is -1.13. The molecule has 1 aromatic heterocycles. The molecule has 27 heavy (non-hydrogen) atoms. The summed E-state index contributed by atoms with van der Waals surface area (Å²) in [5, 5.41) is 16.6. The van der Waals surface area contributed by atoms with Crippen molar-refractivity contribution in [1.82, 2.24) is 20.0 Å². The minimum Gasteiger partial charge on any atom is -0.480 e. The molecule has 1 aromatic carbocycles. The average Bonchev–Trinajstić information content (AvgIpc) is 3.08. The van der Waals surface area contributed by atoms with Crippen LogP contribution in [0.25, 0.3) is 0 Å². The molecule has 0 aliphatic heterocycles. The molecule has 0 aliphatic rings. The highest BCUT2D eigenvalue weighted by Gasteiger charge is 2.27. The number of rotatable bonds is 8. The summed E-state index contributed by atoms with van der Waals surface area (Å²) in [6.45, 7) is 3.38. The molecule has 0 spiro atoms. The second kappa shape index (κ2) is 9.18. The summed E-state index contributed by atoms with van der Waals surface area (Å²) >= 11 is 6.14. The monoisotopic (exact) mass is 392 g/mol. The van der Waals surface area contributed by atoms with Gasteiger partial charge < -0.3 is 15.3 Å².